The maximum atomic E-state index is 13.2. The Bertz CT molecular complexity index is 1110. The number of hydrogen-bond donors (Lipinski definition) is 1. The summed E-state index contributed by atoms with van der Waals surface area (Å²) in [7, 11) is 0. The molecule has 1 N–H and O–H groups in total. The van der Waals surface area contributed by atoms with Crippen LogP contribution in [0.15, 0.2) is 41.8 Å². The third-order valence-corrected chi connectivity index (χ3v) is 6.61. The number of nitrogens with one attached hydrogen (secondary N) is 1. The quantitative estimate of drug-likeness (QED) is 0.647. The minimum atomic E-state index is -4.51. The molecule has 3 aromatic rings. The number of benzene rings is 1. The second-order valence-corrected chi connectivity index (χ2v) is 8.70. The van der Waals surface area contributed by atoms with Crippen LogP contribution in [0.4, 0.5) is 13.2 Å². The molecule has 11 heteroatoms. The van der Waals surface area contributed by atoms with E-state index in [1.54, 1.807) is 29.3 Å². The number of nitrogens with zero attached hydrogens (tertiary/aromatic N) is 4. The molecule has 1 unspecified atom stereocenters. The molecule has 0 radical (unpaired) electrons. The maximum absolute atomic E-state index is 13.2. The first-order valence-corrected chi connectivity index (χ1v) is 10.8. The third kappa shape index (κ3) is 3.93. The Morgan fingerprint density at radius 2 is 2.13 bits per heavy atom. The molecule has 3 heterocycles. The van der Waals surface area contributed by atoms with E-state index in [1.807, 2.05) is 0 Å². The molecule has 4 rings (SSSR count). The number of thiophene rings is 1. The van der Waals surface area contributed by atoms with Crippen LogP contribution in [0.3, 0.4) is 0 Å². The third-order valence-electron chi connectivity index (χ3n) is 4.56. The molecule has 1 amide bonds. The molecular formula is C19H14F3N5OS2. The SMILES string of the molecule is N#CC1(NC(=O)c2nc(-c3cccs3)n(-c3cccc(C(F)(F)F)c3)n2)CCSC1. The Hall–Kier alpha value is -2.84. The van der Waals surface area contributed by atoms with Crippen molar-refractivity contribution in [2.45, 2.75) is 18.1 Å². The fourth-order valence-corrected chi connectivity index (χ4v) is 4.99. The molecule has 1 fully saturated rings. The zero-order valence-corrected chi connectivity index (χ0v) is 16.9. The van der Waals surface area contributed by atoms with Crippen LogP contribution in [0.2, 0.25) is 0 Å². The summed E-state index contributed by atoms with van der Waals surface area (Å²) in [5, 5.41) is 18.1. The second-order valence-electron chi connectivity index (χ2n) is 6.65. The normalized spacial score (nSPS) is 18.9. The maximum Gasteiger partial charge on any atom is 0.416 e. The predicted octanol–water partition coefficient (Wildman–Crippen LogP) is 4.14. The van der Waals surface area contributed by atoms with E-state index < -0.39 is 23.2 Å². The van der Waals surface area contributed by atoms with Crippen LogP contribution >= 0.6 is 23.1 Å². The van der Waals surface area contributed by atoms with E-state index in [0.29, 0.717) is 17.1 Å². The summed E-state index contributed by atoms with van der Waals surface area (Å²) in [6.07, 6.45) is -4.01. The van der Waals surface area contributed by atoms with Gasteiger partial charge in [0.2, 0.25) is 5.82 Å². The standard InChI is InChI=1S/C19H14F3N5OS2/c20-19(21,22)12-3-1-4-13(9-12)27-16(14-5-2-7-30-14)24-15(26-27)17(28)25-18(10-23)6-8-29-11-18/h1-5,7,9H,6,8,11H2,(H,25,28). The highest BCUT2D eigenvalue weighted by Crippen LogP contribution is 2.32. The van der Waals surface area contributed by atoms with E-state index in [0.717, 1.165) is 17.9 Å². The van der Waals surface area contributed by atoms with E-state index in [2.05, 4.69) is 21.5 Å². The average Bonchev–Trinajstić information content (AvgIpc) is 3.47. The lowest BCUT2D eigenvalue weighted by Crippen LogP contribution is -2.47. The molecule has 1 aliphatic heterocycles. The first-order valence-electron chi connectivity index (χ1n) is 8.81. The number of thioether (sulfide) groups is 1. The Morgan fingerprint density at radius 1 is 1.30 bits per heavy atom. The first kappa shape index (κ1) is 20.4. The molecule has 2 aromatic heterocycles. The lowest BCUT2D eigenvalue weighted by Gasteiger charge is -2.19. The van der Waals surface area contributed by atoms with Gasteiger partial charge in [-0.15, -0.1) is 16.4 Å². The summed E-state index contributed by atoms with van der Waals surface area (Å²) in [6.45, 7) is 0. The van der Waals surface area contributed by atoms with Gasteiger partial charge in [-0.1, -0.05) is 12.1 Å². The van der Waals surface area contributed by atoms with Crippen molar-refractivity contribution >= 4 is 29.0 Å². The van der Waals surface area contributed by atoms with Gasteiger partial charge >= 0.3 is 6.18 Å². The van der Waals surface area contributed by atoms with E-state index >= 15 is 0 Å². The number of hydrogen-bond acceptors (Lipinski definition) is 6. The highest BCUT2D eigenvalue weighted by atomic mass is 32.2. The highest BCUT2D eigenvalue weighted by Gasteiger charge is 2.37. The minimum Gasteiger partial charge on any atom is -0.330 e. The van der Waals surface area contributed by atoms with Gasteiger partial charge in [-0.2, -0.15) is 30.2 Å². The van der Waals surface area contributed by atoms with Gasteiger partial charge in [0.1, 0.15) is 5.54 Å². The Kier molecular flexibility index (Phi) is 5.29. The lowest BCUT2D eigenvalue weighted by molar-refractivity contribution is -0.137. The smallest absolute Gasteiger partial charge is 0.330 e. The molecule has 6 nitrogen and oxygen atoms in total. The largest absolute Gasteiger partial charge is 0.416 e. The molecule has 0 spiro atoms. The predicted molar refractivity (Wildman–Crippen MR) is 107 cm³/mol. The Balaban J connectivity index is 1.75. The summed E-state index contributed by atoms with van der Waals surface area (Å²) in [5.41, 5.74) is -1.69. The molecule has 0 bridgehead atoms. The number of aromatic nitrogens is 3. The summed E-state index contributed by atoms with van der Waals surface area (Å²) < 4.78 is 40.7. The molecule has 1 saturated heterocycles. The van der Waals surface area contributed by atoms with Gasteiger partial charge in [0, 0.05) is 5.75 Å². The van der Waals surface area contributed by atoms with Crippen LogP contribution in [-0.2, 0) is 6.18 Å². The minimum absolute atomic E-state index is 0.131. The number of rotatable bonds is 4. The lowest BCUT2D eigenvalue weighted by atomic mass is 10.0. The van der Waals surface area contributed by atoms with Gasteiger partial charge in [0.25, 0.3) is 5.91 Å². The summed E-state index contributed by atoms with van der Waals surface area (Å²) in [5.74, 6) is 0.619. The van der Waals surface area contributed by atoms with Gasteiger partial charge in [-0.05, 0) is 41.8 Å². The molecule has 1 aliphatic rings. The van der Waals surface area contributed by atoms with Crippen molar-refractivity contribution in [3.63, 3.8) is 0 Å². The number of carbonyl (C=O) groups excluding carboxylic acids is 1. The van der Waals surface area contributed by atoms with Gasteiger partial charge in [0.05, 0.1) is 22.2 Å². The first-order chi connectivity index (χ1) is 14.3. The van der Waals surface area contributed by atoms with Gasteiger partial charge in [0.15, 0.2) is 5.82 Å². The monoisotopic (exact) mass is 449 g/mol. The molecule has 1 atom stereocenters. The average molecular weight is 449 g/mol. The van der Waals surface area contributed by atoms with Crippen LogP contribution in [0.1, 0.15) is 22.6 Å². The van der Waals surface area contributed by atoms with Crippen molar-refractivity contribution in [3.8, 4) is 22.5 Å². The molecule has 0 aliphatic carbocycles. The van der Waals surface area contributed by atoms with Crippen molar-refractivity contribution in [3.05, 3.63) is 53.2 Å². The molecule has 1 aromatic carbocycles. The van der Waals surface area contributed by atoms with Crippen molar-refractivity contribution in [1.82, 2.24) is 20.1 Å². The summed E-state index contributed by atoms with van der Waals surface area (Å²) >= 11 is 2.89. The van der Waals surface area contributed by atoms with Crippen LogP contribution in [0.25, 0.3) is 16.4 Å². The number of carbonyl (C=O) groups is 1. The number of halogens is 3. The molecule has 30 heavy (non-hydrogen) atoms. The van der Waals surface area contributed by atoms with Crippen molar-refractivity contribution in [2.24, 2.45) is 0 Å². The van der Waals surface area contributed by atoms with Crippen LogP contribution in [-0.4, -0.2) is 37.7 Å². The van der Waals surface area contributed by atoms with Gasteiger partial charge < -0.3 is 5.32 Å². The summed E-state index contributed by atoms with van der Waals surface area (Å²) in [4.78, 5) is 17.7. The van der Waals surface area contributed by atoms with E-state index in [1.165, 1.54) is 28.2 Å². The topological polar surface area (TPSA) is 83.6 Å². The van der Waals surface area contributed by atoms with Gasteiger partial charge in [-0.25, -0.2) is 9.67 Å². The highest BCUT2D eigenvalue weighted by molar-refractivity contribution is 7.99. The van der Waals surface area contributed by atoms with Crippen LogP contribution in [0, 0.1) is 11.3 Å². The number of amides is 1. The fraction of sp³-hybridized carbons (Fsp3) is 0.263. The number of nitriles is 1. The van der Waals surface area contributed by atoms with E-state index in [-0.39, 0.29) is 17.3 Å². The molecular weight excluding hydrogens is 435 g/mol. The molecule has 0 saturated carbocycles. The zero-order valence-electron chi connectivity index (χ0n) is 15.3. The zero-order chi connectivity index (χ0) is 21.4. The fourth-order valence-electron chi connectivity index (χ4n) is 3.02. The van der Waals surface area contributed by atoms with Gasteiger partial charge in [-0.3, -0.25) is 4.79 Å². The number of alkyl halides is 3. The van der Waals surface area contributed by atoms with Crippen molar-refractivity contribution in [2.75, 3.05) is 11.5 Å². The summed E-state index contributed by atoms with van der Waals surface area (Å²) in [6, 6.07) is 10.3. The van der Waals surface area contributed by atoms with Crippen LogP contribution in [0.5, 0.6) is 0 Å². The molecule has 154 valence electrons. The second kappa shape index (κ2) is 7.77. The van der Waals surface area contributed by atoms with Crippen molar-refractivity contribution in [1.29, 1.82) is 5.26 Å². The van der Waals surface area contributed by atoms with Crippen molar-refractivity contribution < 1.29 is 18.0 Å². The van der Waals surface area contributed by atoms with E-state index in [9.17, 15) is 23.2 Å². The Morgan fingerprint density at radius 3 is 2.77 bits per heavy atom. The van der Waals surface area contributed by atoms with E-state index in [4.69, 9.17) is 0 Å². The van der Waals surface area contributed by atoms with Crippen LogP contribution < -0.4 is 5.32 Å². The Labute approximate surface area is 177 Å².